The Kier molecular flexibility index (Phi) is 17.4. The number of hydrogen-bond acceptors (Lipinski definition) is 6. The zero-order chi connectivity index (χ0) is 29.2. The standard InChI is InChI=1S/C30H50FN3O4.C2H6.H2/c1-3-5-25(21-32-2)29(30(36)33-20-24-7-11-26(31)12-8-24)34(27-15-18-37-19-16-27)22-38-17-4-6-23-9-13-28(35)14-10-23;1-2;/h9-10,13-14,24-27,29,32,35H,3-8,11-12,15-22H2,1-2H3,(H,33,36);1-2H3;1H. The molecule has 0 spiro atoms. The number of nitrogens with zero attached hydrogens (tertiary/aromatic N) is 1. The van der Waals surface area contributed by atoms with Crippen LogP contribution in [0.4, 0.5) is 4.39 Å². The van der Waals surface area contributed by atoms with Gasteiger partial charge in [-0.3, -0.25) is 9.69 Å². The summed E-state index contributed by atoms with van der Waals surface area (Å²) in [6.45, 7) is 9.97. The van der Waals surface area contributed by atoms with Crippen molar-refractivity contribution in [3.05, 3.63) is 29.8 Å². The molecule has 1 aromatic carbocycles. The molecular weight excluding hydrogens is 509 g/mol. The highest BCUT2D eigenvalue weighted by Crippen LogP contribution is 2.27. The van der Waals surface area contributed by atoms with Gasteiger partial charge in [-0.15, -0.1) is 0 Å². The van der Waals surface area contributed by atoms with Gasteiger partial charge in [0.1, 0.15) is 11.9 Å². The minimum atomic E-state index is -0.686. The fraction of sp³-hybridized carbons (Fsp3) is 0.781. The number of aryl methyl sites for hydroxylation is 1. The molecule has 7 nitrogen and oxygen atoms in total. The minimum Gasteiger partial charge on any atom is -0.508 e. The van der Waals surface area contributed by atoms with Gasteiger partial charge in [-0.2, -0.15) is 0 Å². The second-order valence-corrected chi connectivity index (χ2v) is 11.1. The lowest BCUT2D eigenvalue weighted by molar-refractivity contribution is -0.137. The number of phenols is 1. The largest absolute Gasteiger partial charge is 0.508 e. The van der Waals surface area contributed by atoms with E-state index in [1.165, 1.54) is 5.56 Å². The lowest BCUT2D eigenvalue weighted by Gasteiger charge is -2.42. The molecule has 2 aliphatic rings. The van der Waals surface area contributed by atoms with Crippen LogP contribution >= 0.6 is 0 Å². The lowest BCUT2D eigenvalue weighted by Crippen LogP contribution is -2.58. The molecule has 1 saturated heterocycles. The molecule has 2 fully saturated rings. The number of rotatable bonds is 16. The first-order valence-electron chi connectivity index (χ1n) is 15.8. The van der Waals surface area contributed by atoms with Gasteiger partial charge in [0, 0.05) is 33.8 Å². The minimum absolute atomic E-state index is 0. The van der Waals surface area contributed by atoms with E-state index in [1.54, 1.807) is 12.1 Å². The van der Waals surface area contributed by atoms with Gasteiger partial charge in [-0.05, 0) is 101 Å². The third-order valence-electron chi connectivity index (χ3n) is 8.13. The zero-order valence-corrected chi connectivity index (χ0v) is 25.5. The first-order chi connectivity index (χ1) is 19.5. The quantitative estimate of drug-likeness (QED) is 0.176. The van der Waals surface area contributed by atoms with E-state index in [1.807, 2.05) is 33.0 Å². The molecule has 1 saturated carbocycles. The number of aromatic hydroxyl groups is 1. The predicted molar refractivity (Wildman–Crippen MR) is 162 cm³/mol. The molecule has 8 heteroatoms. The van der Waals surface area contributed by atoms with Crippen molar-refractivity contribution in [3.8, 4) is 5.75 Å². The van der Waals surface area contributed by atoms with Gasteiger partial charge in [0.25, 0.3) is 0 Å². The Morgan fingerprint density at radius 3 is 2.45 bits per heavy atom. The first-order valence-corrected chi connectivity index (χ1v) is 15.8. The number of benzene rings is 1. The second-order valence-electron chi connectivity index (χ2n) is 11.1. The highest BCUT2D eigenvalue weighted by Gasteiger charge is 2.38. The Labute approximate surface area is 244 Å². The summed E-state index contributed by atoms with van der Waals surface area (Å²) in [5, 5.41) is 16.1. The summed E-state index contributed by atoms with van der Waals surface area (Å²) in [5.74, 6) is 0.864. The normalized spacial score (nSPS) is 21.4. The maximum atomic E-state index is 13.9. The van der Waals surface area contributed by atoms with E-state index in [2.05, 4.69) is 22.5 Å². The van der Waals surface area contributed by atoms with Gasteiger partial charge in [-0.25, -0.2) is 4.39 Å². The summed E-state index contributed by atoms with van der Waals surface area (Å²) in [4.78, 5) is 16.2. The predicted octanol–water partition coefficient (Wildman–Crippen LogP) is 5.70. The van der Waals surface area contributed by atoms with Crippen LogP contribution in [-0.4, -0.2) is 80.9 Å². The Hall–Kier alpha value is -1.74. The van der Waals surface area contributed by atoms with Crippen LogP contribution < -0.4 is 10.6 Å². The van der Waals surface area contributed by atoms with Crippen molar-refractivity contribution in [3.63, 3.8) is 0 Å². The second kappa shape index (κ2) is 20.2. The highest BCUT2D eigenvalue weighted by molar-refractivity contribution is 5.82. The average Bonchev–Trinajstić information content (AvgIpc) is 2.98. The van der Waals surface area contributed by atoms with Gasteiger partial charge in [-0.1, -0.05) is 39.3 Å². The van der Waals surface area contributed by atoms with Crippen molar-refractivity contribution in [2.24, 2.45) is 11.8 Å². The number of ether oxygens (including phenoxy) is 2. The van der Waals surface area contributed by atoms with E-state index in [0.717, 1.165) is 57.9 Å². The first kappa shape index (κ1) is 34.5. The summed E-state index contributed by atoms with van der Waals surface area (Å²) in [5.41, 5.74) is 1.17. The fourth-order valence-electron chi connectivity index (χ4n) is 5.96. The Morgan fingerprint density at radius 2 is 1.82 bits per heavy atom. The van der Waals surface area contributed by atoms with Crippen molar-refractivity contribution in [2.75, 3.05) is 46.7 Å². The molecule has 3 rings (SSSR count). The number of carbonyl (C=O) groups excluding carboxylic acids is 1. The number of phenolic OH excluding ortho intramolecular Hbond substituents is 1. The summed E-state index contributed by atoms with van der Waals surface area (Å²) >= 11 is 0. The molecule has 2 unspecified atom stereocenters. The van der Waals surface area contributed by atoms with Crippen LogP contribution in [0.2, 0.25) is 0 Å². The maximum absolute atomic E-state index is 13.9. The van der Waals surface area contributed by atoms with Crippen molar-refractivity contribution >= 4 is 5.91 Å². The van der Waals surface area contributed by atoms with Crippen LogP contribution in [0.3, 0.4) is 0 Å². The van der Waals surface area contributed by atoms with Gasteiger partial charge in [0.15, 0.2) is 0 Å². The Morgan fingerprint density at radius 1 is 1.15 bits per heavy atom. The molecule has 1 aromatic rings. The molecule has 3 N–H and O–H groups in total. The third kappa shape index (κ3) is 12.0. The SMILES string of the molecule is CC.CCCC(CNC)C(C(=O)NCC1CCC(F)CC1)N(COCCCc1ccc(O)cc1)C1CCOCC1.[HH]. The molecular formula is C32H58FN3O4. The van der Waals surface area contributed by atoms with Gasteiger partial charge < -0.3 is 25.2 Å². The van der Waals surface area contributed by atoms with Crippen LogP contribution in [0.25, 0.3) is 0 Å². The molecule has 0 bridgehead atoms. The molecule has 232 valence electrons. The molecule has 1 amide bonds. The van der Waals surface area contributed by atoms with E-state index in [-0.39, 0.29) is 31.1 Å². The zero-order valence-electron chi connectivity index (χ0n) is 25.5. The molecule has 0 aromatic heterocycles. The molecule has 1 heterocycles. The van der Waals surface area contributed by atoms with E-state index in [9.17, 15) is 14.3 Å². The topological polar surface area (TPSA) is 83.1 Å². The van der Waals surface area contributed by atoms with Crippen LogP contribution in [0.15, 0.2) is 24.3 Å². The highest BCUT2D eigenvalue weighted by atomic mass is 19.1. The van der Waals surface area contributed by atoms with Crippen LogP contribution in [0, 0.1) is 11.8 Å². The number of carbonyl (C=O) groups is 1. The summed E-state index contributed by atoms with van der Waals surface area (Å²) in [7, 11) is 1.95. The summed E-state index contributed by atoms with van der Waals surface area (Å²) < 4.78 is 25.5. The number of halogens is 1. The molecule has 2 atom stereocenters. The summed E-state index contributed by atoms with van der Waals surface area (Å²) in [6, 6.07) is 7.25. The average molecular weight is 568 g/mol. The number of nitrogens with one attached hydrogen (secondary N) is 2. The van der Waals surface area contributed by atoms with Crippen molar-refractivity contribution in [1.29, 1.82) is 0 Å². The Balaban J connectivity index is 0.00000274. The molecule has 1 aliphatic heterocycles. The van der Waals surface area contributed by atoms with E-state index in [0.29, 0.717) is 51.9 Å². The number of hydrogen-bond donors (Lipinski definition) is 3. The molecule has 40 heavy (non-hydrogen) atoms. The van der Waals surface area contributed by atoms with Crippen molar-refractivity contribution < 1.29 is 25.2 Å². The Bertz CT molecular complexity index is 784. The summed E-state index contributed by atoms with van der Waals surface area (Å²) in [6.07, 6.45) is 7.69. The third-order valence-corrected chi connectivity index (χ3v) is 8.13. The van der Waals surface area contributed by atoms with Crippen LogP contribution in [0.5, 0.6) is 5.75 Å². The van der Waals surface area contributed by atoms with Crippen LogP contribution in [-0.2, 0) is 20.7 Å². The van der Waals surface area contributed by atoms with E-state index in [4.69, 9.17) is 9.47 Å². The van der Waals surface area contributed by atoms with E-state index < -0.39 is 6.17 Å². The molecule has 0 radical (unpaired) electrons. The van der Waals surface area contributed by atoms with Gasteiger partial charge >= 0.3 is 0 Å². The maximum Gasteiger partial charge on any atom is 0.237 e. The van der Waals surface area contributed by atoms with Crippen molar-refractivity contribution in [1.82, 2.24) is 15.5 Å². The number of alkyl halides is 1. The smallest absolute Gasteiger partial charge is 0.237 e. The van der Waals surface area contributed by atoms with Crippen molar-refractivity contribution in [2.45, 2.75) is 103 Å². The van der Waals surface area contributed by atoms with E-state index >= 15 is 0 Å². The number of amides is 1. The van der Waals surface area contributed by atoms with Gasteiger partial charge in [0.05, 0.1) is 12.8 Å². The van der Waals surface area contributed by atoms with Crippen LogP contribution in [0.1, 0.15) is 85.5 Å². The molecule has 1 aliphatic carbocycles. The fourth-order valence-corrected chi connectivity index (χ4v) is 5.96. The lowest BCUT2D eigenvalue weighted by atomic mass is 9.87. The monoisotopic (exact) mass is 567 g/mol. The van der Waals surface area contributed by atoms with Gasteiger partial charge in [0.2, 0.25) is 5.91 Å².